The lowest BCUT2D eigenvalue weighted by atomic mass is 10.1. The molecule has 0 saturated carbocycles. The molecule has 0 spiro atoms. The third kappa shape index (κ3) is 1.82. The zero-order valence-corrected chi connectivity index (χ0v) is 10.4. The second-order valence-corrected chi connectivity index (χ2v) is 4.98. The molecule has 2 aromatic rings. The van der Waals surface area contributed by atoms with Crippen molar-refractivity contribution in [1.29, 1.82) is 0 Å². The van der Waals surface area contributed by atoms with E-state index < -0.39 is 0 Å². The average Bonchev–Trinajstić information content (AvgIpc) is 2.89. The van der Waals surface area contributed by atoms with Gasteiger partial charge in [0.25, 0.3) is 0 Å². The number of aromatic nitrogens is 3. The summed E-state index contributed by atoms with van der Waals surface area (Å²) >= 11 is 0. The van der Waals surface area contributed by atoms with E-state index in [0.29, 0.717) is 6.04 Å². The number of hydrogen-bond acceptors (Lipinski definition) is 3. The molecule has 0 radical (unpaired) electrons. The Bertz CT molecular complexity index is 531. The van der Waals surface area contributed by atoms with Gasteiger partial charge in [0.05, 0.1) is 0 Å². The smallest absolute Gasteiger partial charge is 0.163 e. The zero-order valence-electron chi connectivity index (χ0n) is 10.4. The Hall–Kier alpha value is -1.42. The largest absolute Gasteiger partial charge is 0.303 e. The summed E-state index contributed by atoms with van der Waals surface area (Å²) in [6.07, 6.45) is 5.64. The Morgan fingerprint density at radius 1 is 1.41 bits per heavy atom. The molecule has 1 atom stereocenters. The van der Waals surface area contributed by atoms with Gasteiger partial charge in [0.15, 0.2) is 5.65 Å². The first-order valence-electron chi connectivity index (χ1n) is 6.25. The summed E-state index contributed by atoms with van der Waals surface area (Å²) in [6.45, 7) is 3.29. The molecule has 1 unspecified atom stereocenters. The molecule has 1 fully saturated rings. The Labute approximate surface area is 101 Å². The molecule has 0 N–H and O–H groups in total. The lowest BCUT2D eigenvalue weighted by Gasteiger charge is -2.18. The molecule has 1 saturated heterocycles. The Balaban J connectivity index is 1.93. The number of pyridine rings is 1. The summed E-state index contributed by atoms with van der Waals surface area (Å²) in [7, 11) is 2.20. The van der Waals surface area contributed by atoms with E-state index in [2.05, 4.69) is 51.8 Å². The van der Waals surface area contributed by atoms with Crippen molar-refractivity contribution in [2.45, 2.75) is 32.2 Å². The van der Waals surface area contributed by atoms with Gasteiger partial charge >= 0.3 is 0 Å². The van der Waals surface area contributed by atoms with Gasteiger partial charge in [-0.15, -0.1) is 10.2 Å². The molecule has 2 aromatic heterocycles. The predicted molar refractivity (Wildman–Crippen MR) is 67.1 cm³/mol. The van der Waals surface area contributed by atoms with Crippen LogP contribution in [0.4, 0.5) is 0 Å². The van der Waals surface area contributed by atoms with Crippen molar-refractivity contribution in [2.75, 3.05) is 13.6 Å². The highest BCUT2D eigenvalue weighted by Gasteiger charge is 2.23. The zero-order chi connectivity index (χ0) is 11.8. The fraction of sp³-hybridized carbons (Fsp3) is 0.538. The van der Waals surface area contributed by atoms with Crippen LogP contribution in [0.1, 0.15) is 24.2 Å². The van der Waals surface area contributed by atoms with Crippen LogP contribution in [-0.4, -0.2) is 39.1 Å². The van der Waals surface area contributed by atoms with E-state index >= 15 is 0 Å². The predicted octanol–water partition coefficient (Wildman–Crippen LogP) is 1.67. The number of nitrogens with zero attached hydrogens (tertiary/aromatic N) is 4. The van der Waals surface area contributed by atoms with Crippen LogP contribution >= 0.6 is 0 Å². The molecule has 4 heteroatoms. The molecule has 0 amide bonds. The van der Waals surface area contributed by atoms with Gasteiger partial charge in [-0.2, -0.15) is 0 Å². The first-order chi connectivity index (χ1) is 8.25. The molecule has 0 bridgehead atoms. The highest BCUT2D eigenvalue weighted by atomic mass is 15.3. The van der Waals surface area contributed by atoms with Gasteiger partial charge in [0, 0.05) is 18.7 Å². The number of likely N-dealkylation sites (N-methyl/N-ethyl adjacent to an activating group) is 1. The quantitative estimate of drug-likeness (QED) is 0.787. The maximum absolute atomic E-state index is 4.34. The molecule has 3 rings (SSSR count). The minimum atomic E-state index is 0.628. The van der Waals surface area contributed by atoms with Gasteiger partial charge in [0.2, 0.25) is 0 Å². The highest BCUT2D eigenvalue weighted by molar-refractivity contribution is 5.46. The molecule has 0 aliphatic carbocycles. The summed E-state index contributed by atoms with van der Waals surface area (Å²) in [5.74, 6) is 1.09. The molecule has 90 valence electrons. The first-order valence-corrected chi connectivity index (χ1v) is 6.25. The molecular formula is C13H18N4. The van der Waals surface area contributed by atoms with E-state index in [1.807, 2.05) is 0 Å². The molecule has 4 nitrogen and oxygen atoms in total. The van der Waals surface area contributed by atoms with Crippen molar-refractivity contribution in [1.82, 2.24) is 19.5 Å². The van der Waals surface area contributed by atoms with Gasteiger partial charge in [-0.1, -0.05) is 6.07 Å². The van der Waals surface area contributed by atoms with E-state index in [0.717, 1.165) is 17.9 Å². The number of hydrogen-bond donors (Lipinski definition) is 0. The van der Waals surface area contributed by atoms with Crippen LogP contribution in [-0.2, 0) is 6.42 Å². The van der Waals surface area contributed by atoms with Gasteiger partial charge in [0.1, 0.15) is 5.82 Å². The van der Waals surface area contributed by atoms with Crippen molar-refractivity contribution in [3.05, 3.63) is 29.7 Å². The Kier molecular flexibility index (Phi) is 2.59. The number of fused-ring (bicyclic) bond motifs is 1. The van der Waals surface area contributed by atoms with Crippen LogP contribution in [0.25, 0.3) is 5.65 Å². The maximum atomic E-state index is 4.34. The van der Waals surface area contributed by atoms with E-state index in [1.165, 1.54) is 24.9 Å². The minimum absolute atomic E-state index is 0.628. The third-order valence-corrected chi connectivity index (χ3v) is 3.79. The summed E-state index contributed by atoms with van der Waals surface area (Å²) in [6, 6.07) is 4.77. The fourth-order valence-corrected chi connectivity index (χ4v) is 2.68. The van der Waals surface area contributed by atoms with E-state index in [1.54, 1.807) is 0 Å². The second kappa shape index (κ2) is 4.11. The molecule has 1 aliphatic heterocycles. The Morgan fingerprint density at radius 2 is 2.29 bits per heavy atom. The van der Waals surface area contributed by atoms with Crippen molar-refractivity contribution in [3.8, 4) is 0 Å². The number of likely N-dealkylation sites (tertiary alicyclic amines) is 1. The topological polar surface area (TPSA) is 33.4 Å². The van der Waals surface area contributed by atoms with Crippen LogP contribution in [0.15, 0.2) is 18.3 Å². The van der Waals surface area contributed by atoms with Crippen molar-refractivity contribution < 1.29 is 0 Å². The van der Waals surface area contributed by atoms with Crippen molar-refractivity contribution in [2.24, 2.45) is 0 Å². The van der Waals surface area contributed by atoms with E-state index in [9.17, 15) is 0 Å². The average molecular weight is 230 g/mol. The van der Waals surface area contributed by atoms with Crippen LogP contribution < -0.4 is 0 Å². The SMILES string of the molecule is Cc1cccn2c(CC3CCCN3C)nnc12. The Morgan fingerprint density at radius 3 is 3.06 bits per heavy atom. The summed E-state index contributed by atoms with van der Waals surface area (Å²) in [4.78, 5) is 2.43. The van der Waals surface area contributed by atoms with Gasteiger partial charge in [-0.25, -0.2) is 0 Å². The molecule has 17 heavy (non-hydrogen) atoms. The first kappa shape index (κ1) is 10.7. The lowest BCUT2D eigenvalue weighted by Crippen LogP contribution is -2.27. The summed E-state index contributed by atoms with van der Waals surface area (Å²) in [5, 5.41) is 8.62. The molecular weight excluding hydrogens is 212 g/mol. The molecule has 1 aliphatic rings. The number of aryl methyl sites for hydroxylation is 1. The van der Waals surface area contributed by atoms with Crippen molar-refractivity contribution in [3.63, 3.8) is 0 Å². The van der Waals surface area contributed by atoms with Gasteiger partial charge < -0.3 is 4.90 Å². The highest BCUT2D eigenvalue weighted by Crippen LogP contribution is 2.19. The van der Waals surface area contributed by atoms with Gasteiger partial charge in [-0.05, 0) is 45.0 Å². The summed E-state index contributed by atoms with van der Waals surface area (Å²) in [5.41, 5.74) is 2.18. The van der Waals surface area contributed by atoms with Crippen LogP contribution in [0.2, 0.25) is 0 Å². The van der Waals surface area contributed by atoms with Gasteiger partial charge in [-0.3, -0.25) is 4.40 Å². The minimum Gasteiger partial charge on any atom is -0.303 e. The van der Waals surface area contributed by atoms with Crippen molar-refractivity contribution >= 4 is 5.65 Å². The summed E-state index contributed by atoms with van der Waals surface area (Å²) < 4.78 is 2.13. The van der Waals surface area contributed by atoms with Crippen LogP contribution in [0, 0.1) is 6.92 Å². The molecule has 0 aromatic carbocycles. The van der Waals surface area contributed by atoms with Crippen LogP contribution in [0.5, 0.6) is 0 Å². The standard InChI is InChI=1S/C13H18N4/c1-10-5-3-8-17-12(14-15-13(10)17)9-11-6-4-7-16(11)2/h3,5,8,11H,4,6-7,9H2,1-2H3. The third-order valence-electron chi connectivity index (χ3n) is 3.79. The monoisotopic (exact) mass is 230 g/mol. The normalized spacial score (nSPS) is 21.4. The lowest BCUT2D eigenvalue weighted by molar-refractivity contribution is 0.305. The fourth-order valence-electron chi connectivity index (χ4n) is 2.68. The van der Waals surface area contributed by atoms with Crippen LogP contribution in [0.3, 0.4) is 0 Å². The van der Waals surface area contributed by atoms with E-state index in [-0.39, 0.29) is 0 Å². The molecule has 3 heterocycles. The number of rotatable bonds is 2. The maximum Gasteiger partial charge on any atom is 0.163 e. The van der Waals surface area contributed by atoms with E-state index in [4.69, 9.17) is 0 Å². The second-order valence-electron chi connectivity index (χ2n) is 4.98.